The van der Waals surface area contributed by atoms with E-state index in [-0.39, 0.29) is 24.3 Å². The first-order chi connectivity index (χ1) is 17.6. The van der Waals surface area contributed by atoms with Crippen molar-refractivity contribution >= 4 is 17.6 Å². The number of ether oxygens (including phenoxy) is 2. The number of esters is 2. The lowest BCUT2D eigenvalue weighted by atomic mass is 10.0. The van der Waals surface area contributed by atoms with Crippen molar-refractivity contribution < 1.29 is 19.1 Å². The Hall–Kier alpha value is -2.04. The average Bonchev–Trinajstić information content (AvgIpc) is 2.88. The number of hydrogen-bond acceptors (Lipinski definition) is 5. The van der Waals surface area contributed by atoms with E-state index in [0.717, 1.165) is 18.7 Å². The Morgan fingerprint density at radius 3 is 1.44 bits per heavy atom. The number of unbranched alkanes of at least 4 members (excludes halogenated alkanes) is 16. The second-order valence-corrected chi connectivity index (χ2v) is 9.78. The molecule has 0 bridgehead atoms. The van der Waals surface area contributed by atoms with Crippen molar-refractivity contribution in [2.24, 2.45) is 0 Å². The quantitative estimate of drug-likeness (QED) is 0.119. The van der Waals surface area contributed by atoms with Crippen LogP contribution in [-0.4, -0.2) is 31.7 Å². The third-order valence-electron chi connectivity index (χ3n) is 6.62. The summed E-state index contributed by atoms with van der Waals surface area (Å²) in [4.78, 5) is 24.5. The van der Waals surface area contributed by atoms with E-state index >= 15 is 0 Å². The summed E-state index contributed by atoms with van der Waals surface area (Å²) < 4.78 is 10.2. The number of carbonyl (C=O) groups is 2. The molecule has 1 rings (SSSR count). The first-order valence-electron chi connectivity index (χ1n) is 14.9. The second kappa shape index (κ2) is 22.2. The van der Waals surface area contributed by atoms with Crippen LogP contribution < -0.4 is 5.32 Å². The molecule has 0 radical (unpaired) electrons. The Balaban J connectivity index is 2.09. The van der Waals surface area contributed by atoms with Crippen molar-refractivity contribution in [2.75, 3.05) is 25.1 Å². The molecule has 0 heterocycles. The normalized spacial score (nSPS) is 10.9. The fourth-order valence-electron chi connectivity index (χ4n) is 4.50. The molecular weight excluding hydrogens is 450 g/mol. The topological polar surface area (TPSA) is 64.6 Å². The van der Waals surface area contributed by atoms with Gasteiger partial charge in [-0.15, -0.1) is 0 Å². The Morgan fingerprint density at radius 2 is 1.00 bits per heavy atom. The zero-order valence-electron chi connectivity index (χ0n) is 23.5. The van der Waals surface area contributed by atoms with Gasteiger partial charge < -0.3 is 14.8 Å². The first kappa shape index (κ1) is 32.0. The molecule has 0 aliphatic carbocycles. The van der Waals surface area contributed by atoms with E-state index < -0.39 is 11.9 Å². The molecule has 0 saturated carbocycles. The minimum absolute atomic E-state index is 0.249. The van der Waals surface area contributed by atoms with Crippen LogP contribution in [0, 0.1) is 0 Å². The highest BCUT2D eigenvalue weighted by Crippen LogP contribution is 2.19. The van der Waals surface area contributed by atoms with Gasteiger partial charge in [0.2, 0.25) is 0 Å². The van der Waals surface area contributed by atoms with Gasteiger partial charge >= 0.3 is 11.9 Å². The molecule has 0 atom stereocenters. The number of nitrogens with one attached hydrogen (secondary N) is 1. The number of hydrogen-bond donors (Lipinski definition) is 1. The second-order valence-electron chi connectivity index (χ2n) is 9.78. The molecule has 5 nitrogen and oxygen atoms in total. The largest absolute Gasteiger partial charge is 0.462 e. The van der Waals surface area contributed by atoms with Crippen molar-refractivity contribution in [2.45, 2.75) is 130 Å². The summed E-state index contributed by atoms with van der Waals surface area (Å²) in [5, 5.41) is 3.37. The molecule has 1 aromatic rings. The van der Waals surface area contributed by atoms with Crippen LogP contribution in [0.2, 0.25) is 0 Å². The first-order valence-corrected chi connectivity index (χ1v) is 14.9. The summed E-state index contributed by atoms with van der Waals surface area (Å²) in [5.74, 6) is -0.998. The maximum atomic E-state index is 12.3. The predicted octanol–water partition coefficient (Wildman–Crippen LogP) is 9.10. The van der Waals surface area contributed by atoms with Gasteiger partial charge in [0.1, 0.15) is 0 Å². The van der Waals surface area contributed by atoms with E-state index in [2.05, 4.69) is 12.2 Å². The molecule has 0 aliphatic rings. The monoisotopic (exact) mass is 503 g/mol. The van der Waals surface area contributed by atoms with Crippen molar-refractivity contribution in [3.63, 3.8) is 0 Å². The molecule has 0 aromatic heterocycles. The minimum Gasteiger partial charge on any atom is -0.462 e. The SMILES string of the molecule is CCCCCCCCCCCCCCCCCCCNc1ccc(C(=O)OCC)c(C(=O)OCC)c1. The van der Waals surface area contributed by atoms with Crippen LogP contribution in [0.4, 0.5) is 5.69 Å². The van der Waals surface area contributed by atoms with Gasteiger partial charge in [0, 0.05) is 12.2 Å². The van der Waals surface area contributed by atoms with Crippen LogP contribution >= 0.6 is 0 Å². The predicted molar refractivity (Wildman–Crippen MR) is 151 cm³/mol. The summed E-state index contributed by atoms with van der Waals surface area (Å²) in [6.07, 6.45) is 23.2. The maximum Gasteiger partial charge on any atom is 0.339 e. The number of rotatable bonds is 23. The summed E-state index contributed by atoms with van der Waals surface area (Å²) in [6.45, 7) is 7.15. The van der Waals surface area contributed by atoms with Gasteiger partial charge in [-0.05, 0) is 38.5 Å². The van der Waals surface area contributed by atoms with Crippen LogP contribution in [0.15, 0.2) is 18.2 Å². The molecule has 5 heteroatoms. The van der Waals surface area contributed by atoms with Gasteiger partial charge in [-0.3, -0.25) is 0 Å². The number of benzene rings is 1. The van der Waals surface area contributed by atoms with Gasteiger partial charge in [0.15, 0.2) is 0 Å². The van der Waals surface area contributed by atoms with E-state index in [0.29, 0.717) is 0 Å². The molecule has 0 saturated heterocycles. The molecule has 0 spiro atoms. The smallest absolute Gasteiger partial charge is 0.339 e. The molecule has 36 heavy (non-hydrogen) atoms. The fourth-order valence-corrected chi connectivity index (χ4v) is 4.50. The van der Waals surface area contributed by atoms with Crippen molar-refractivity contribution in [1.29, 1.82) is 0 Å². The molecule has 206 valence electrons. The van der Waals surface area contributed by atoms with Gasteiger partial charge in [-0.2, -0.15) is 0 Å². The van der Waals surface area contributed by atoms with Crippen molar-refractivity contribution in [1.82, 2.24) is 0 Å². The lowest BCUT2D eigenvalue weighted by Gasteiger charge is -2.12. The van der Waals surface area contributed by atoms with Crippen LogP contribution in [-0.2, 0) is 9.47 Å². The fraction of sp³-hybridized carbons (Fsp3) is 0.742. The minimum atomic E-state index is -0.500. The van der Waals surface area contributed by atoms with E-state index in [4.69, 9.17) is 9.47 Å². The molecule has 0 amide bonds. The highest BCUT2D eigenvalue weighted by Gasteiger charge is 2.19. The highest BCUT2D eigenvalue weighted by molar-refractivity contribution is 6.03. The average molecular weight is 504 g/mol. The zero-order valence-corrected chi connectivity index (χ0v) is 23.5. The summed E-state index contributed by atoms with van der Waals surface area (Å²) in [6, 6.07) is 5.15. The van der Waals surface area contributed by atoms with Crippen molar-refractivity contribution in [3.8, 4) is 0 Å². The van der Waals surface area contributed by atoms with Crippen molar-refractivity contribution in [3.05, 3.63) is 29.3 Å². The number of anilines is 1. The van der Waals surface area contributed by atoms with E-state index in [1.807, 2.05) is 6.07 Å². The van der Waals surface area contributed by atoms with Crippen LogP contribution in [0.1, 0.15) is 151 Å². The molecular formula is C31H53NO4. The Labute approximate surface area is 221 Å². The Morgan fingerprint density at radius 1 is 0.583 bits per heavy atom. The lowest BCUT2D eigenvalue weighted by molar-refractivity contribution is 0.0479. The molecule has 0 unspecified atom stereocenters. The van der Waals surface area contributed by atoms with Gasteiger partial charge in [-0.25, -0.2) is 9.59 Å². The van der Waals surface area contributed by atoms with Gasteiger partial charge in [0.25, 0.3) is 0 Å². The summed E-state index contributed by atoms with van der Waals surface area (Å²) >= 11 is 0. The standard InChI is InChI=1S/C31H53NO4/c1-4-7-8-9-10-11-12-13-14-15-16-17-18-19-20-21-22-25-32-27-23-24-28(30(33)35-5-2)29(26-27)31(34)36-6-3/h23-24,26,32H,4-22,25H2,1-3H3. The van der Waals surface area contributed by atoms with Gasteiger partial charge in [-0.1, -0.05) is 110 Å². The molecule has 0 aliphatic heterocycles. The summed E-state index contributed by atoms with van der Waals surface area (Å²) in [7, 11) is 0. The van der Waals surface area contributed by atoms with Crippen LogP contribution in [0.25, 0.3) is 0 Å². The Bertz CT molecular complexity index is 704. The zero-order chi connectivity index (χ0) is 26.3. The highest BCUT2D eigenvalue weighted by atomic mass is 16.5. The lowest BCUT2D eigenvalue weighted by Crippen LogP contribution is -2.15. The summed E-state index contributed by atoms with van der Waals surface area (Å²) in [5.41, 5.74) is 1.32. The third-order valence-corrected chi connectivity index (χ3v) is 6.62. The molecule has 1 aromatic carbocycles. The third kappa shape index (κ3) is 15.2. The molecule has 0 fully saturated rings. The van der Waals surface area contributed by atoms with Crippen LogP contribution in [0.3, 0.4) is 0 Å². The van der Waals surface area contributed by atoms with Crippen LogP contribution in [0.5, 0.6) is 0 Å². The van der Waals surface area contributed by atoms with E-state index in [9.17, 15) is 9.59 Å². The van der Waals surface area contributed by atoms with E-state index in [1.165, 1.54) is 103 Å². The number of carbonyl (C=O) groups excluding carboxylic acids is 2. The van der Waals surface area contributed by atoms with E-state index in [1.54, 1.807) is 26.0 Å². The maximum absolute atomic E-state index is 12.3. The Kier molecular flexibility index (Phi) is 19.7. The molecule has 1 N–H and O–H groups in total. The van der Waals surface area contributed by atoms with Gasteiger partial charge in [0.05, 0.1) is 24.3 Å².